The first-order chi connectivity index (χ1) is 15.9. The molecule has 0 saturated carbocycles. The summed E-state index contributed by atoms with van der Waals surface area (Å²) in [4.78, 5) is 14.8. The molecular weight excluding hydrogens is 526 g/mol. The average Bonchev–Trinajstić information content (AvgIpc) is 2.84. The molecule has 4 heterocycles. The third kappa shape index (κ3) is 9.54. The van der Waals surface area contributed by atoms with Gasteiger partial charge in [0.15, 0.2) is 0 Å². The highest BCUT2D eigenvalue weighted by atomic mass is 35.5. The lowest BCUT2D eigenvalue weighted by Gasteiger charge is -2.36. The van der Waals surface area contributed by atoms with E-state index in [1.165, 1.54) is 45.1 Å². The maximum absolute atomic E-state index is 6.13. The van der Waals surface area contributed by atoms with Gasteiger partial charge in [-0.1, -0.05) is 71.9 Å². The Kier molecular flexibility index (Phi) is 13.4. The summed E-state index contributed by atoms with van der Waals surface area (Å²) in [6.45, 7) is 15.6. The number of anilines is 1. The monoisotopic (exact) mass is 554 g/mol. The molecule has 0 aromatic carbocycles. The number of rotatable bonds is 3. The Morgan fingerprint density at radius 3 is 1.48 bits per heavy atom. The van der Waals surface area contributed by atoms with Crippen LogP contribution in [0, 0.1) is 0 Å². The Morgan fingerprint density at radius 2 is 1.09 bits per heavy atom. The van der Waals surface area contributed by atoms with Gasteiger partial charge in [-0.2, -0.15) is 0 Å². The molecular formula is C22H31Cl5N6. The topological polar surface area (TPSA) is 47.5 Å². The molecule has 11 heteroatoms. The second-order valence-corrected chi connectivity index (χ2v) is 9.48. The number of halogens is 5. The molecule has 2 fully saturated rings. The van der Waals surface area contributed by atoms with Crippen LogP contribution in [-0.2, 0) is 0 Å². The van der Waals surface area contributed by atoms with Gasteiger partial charge < -0.3 is 20.0 Å². The fourth-order valence-corrected chi connectivity index (χ4v) is 4.48. The van der Waals surface area contributed by atoms with E-state index in [4.69, 9.17) is 58.0 Å². The number of hydrogen-bond donors (Lipinski definition) is 1. The van der Waals surface area contributed by atoms with E-state index in [1.807, 2.05) is 0 Å². The molecule has 6 nitrogen and oxygen atoms in total. The number of nitrogens with one attached hydrogen (secondary N) is 1. The van der Waals surface area contributed by atoms with E-state index in [0.717, 1.165) is 38.4 Å². The van der Waals surface area contributed by atoms with Crippen LogP contribution in [0.15, 0.2) is 24.8 Å². The van der Waals surface area contributed by atoms with Gasteiger partial charge in [0.05, 0.1) is 30.8 Å². The number of pyridine rings is 2. The molecule has 2 aromatic heterocycles. The smallest absolute Gasteiger partial charge is 0.0838 e. The van der Waals surface area contributed by atoms with Crippen LogP contribution < -0.4 is 10.2 Å². The van der Waals surface area contributed by atoms with Crippen LogP contribution in [0.2, 0.25) is 25.1 Å². The van der Waals surface area contributed by atoms with E-state index in [0.29, 0.717) is 25.1 Å². The lowest BCUT2D eigenvalue weighted by molar-refractivity contribution is 0.253. The zero-order valence-corrected chi connectivity index (χ0v) is 22.8. The second kappa shape index (κ2) is 15.4. The fourth-order valence-electron chi connectivity index (χ4n) is 3.42. The highest BCUT2D eigenvalue weighted by Crippen LogP contribution is 2.33. The highest BCUT2D eigenvalue weighted by Gasteiger charge is 2.20. The second-order valence-electron chi connectivity index (χ2n) is 7.47. The van der Waals surface area contributed by atoms with Crippen molar-refractivity contribution in [2.24, 2.45) is 0 Å². The minimum Gasteiger partial charge on any atom is -0.366 e. The van der Waals surface area contributed by atoms with Gasteiger partial charge >= 0.3 is 0 Å². The molecule has 0 unspecified atom stereocenters. The summed E-state index contributed by atoms with van der Waals surface area (Å²) in [6, 6.07) is 0. The summed E-state index contributed by atoms with van der Waals surface area (Å²) in [5.41, 5.74) is 0.925. The number of aromatic nitrogens is 2. The molecule has 184 valence electrons. The van der Waals surface area contributed by atoms with Gasteiger partial charge in [0.2, 0.25) is 0 Å². The molecule has 2 saturated heterocycles. The van der Waals surface area contributed by atoms with Gasteiger partial charge in [-0.15, -0.1) is 0 Å². The van der Waals surface area contributed by atoms with Crippen LogP contribution in [0.1, 0.15) is 13.8 Å². The van der Waals surface area contributed by atoms with E-state index in [9.17, 15) is 0 Å². The van der Waals surface area contributed by atoms with Gasteiger partial charge in [0, 0.05) is 77.1 Å². The van der Waals surface area contributed by atoms with Crippen molar-refractivity contribution in [3.63, 3.8) is 0 Å². The number of likely N-dealkylation sites (N-methyl/N-ethyl adjacent to an activating group) is 2. The molecule has 0 spiro atoms. The third-order valence-electron chi connectivity index (χ3n) is 5.42. The lowest BCUT2D eigenvalue weighted by Crippen LogP contribution is -2.46. The largest absolute Gasteiger partial charge is 0.366 e. The van der Waals surface area contributed by atoms with E-state index in [-0.39, 0.29) is 0 Å². The van der Waals surface area contributed by atoms with Crippen molar-refractivity contribution in [2.75, 3.05) is 70.3 Å². The molecule has 0 radical (unpaired) electrons. The van der Waals surface area contributed by atoms with E-state index >= 15 is 0 Å². The number of nitrogens with zero attached hydrogens (tertiary/aromatic N) is 5. The predicted octanol–water partition coefficient (Wildman–Crippen LogP) is 5.48. The van der Waals surface area contributed by atoms with Crippen molar-refractivity contribution < 1.29 is 0 Å². The quantitative estimate of drug-likeness (QED) is 0.540. The van der Waals surface area contributed by atoms with Gasteiger partial charge in [0.1, 0.15) is 0 Å². The fraction of sp³-hybridized carbons (Fsp3) is 0.545. The maximum atomic E-state index is 6.13. The van der Waals surface area contributed by atoms with Gasteiger partial charge in [-0.05, 0) is 13.1 Å². The van der Waals surface area contributed by atoms with E-state index < -0.39 is 0 Å². The Bertz CT molecular complexity index is 802. The molecule has 33 heavy (non-hydrogen) atoms. The normalized spacial score (nSPS) is 17.0. The first-order valence-corrected chi connectivity index (χ1v) is 12.9. The number of piperazine rings is 2. The molecule has 0 bridgehead atoms. The summed E-state index contributed by atoms with van der Waals surface area (Å²) in [6.07, 6.45) is 6.18. The summed E-state index contributed by atoms with van der Waals surface area (Å²) in [5, 5.41) is 5.69. The highest BCUT2D eigenvalue weighted by molar-refractivity contribution is 6.47. The first kappa shape index (κ1) is 28.7. The summed E-state index contributed by atoms with van der Waals surface area (Å²) in [5.74, 6) is 0. The minimum absolute atomic E-state index is 0.355. The number of hydrogen-bond acceptors (Lipinski definition) is 6. The Labute approximate surface area is 222 Å². The summed E-state index contributed by atoms with van der Waals surface area (Å²) in [7, 11) is 0. The van der Waals surface area contributed by atoms with Crippen LogP contribution in [0.5, 0.6) is 0 Å². The van der Waals surface area contributed by atoms with Crippen molar-refractivity contribution in [1.82, 2.24) is 25.1 Å². The van der Waals surface area contributed by atoms with E-state index in [2.05, 4.69) is 43.8 Å². The van der Waals surface area contributed by atoms with Crippen molar-refractivity contribution >= 4 is 63.7 Å². The zero-order valence-electron chi connectivity index (χ0n) is 19.0. The van der Waals surface area contributed by atoms with Crippen LogP contribution in [0.3, 0.4) is 0 Å². The minimum atomic E-state index is 0.355. The summed E-state index contributed by atoms with van der Waals surface area (Å²) < 4.78 is 0. The molecule has 0 aliphatic carbocycles. The summed E-state index contributed by atoms with van der Waals surface area (Å²) >= 11 is 28.9. The SMILES string of the molecule is CCN1CCN(c2c(Cl)cncc2Cl)CC1.CCN1CCNCC1.Clc1cncc(Cl)c1Cl. The van der Waals surface area contributed by atoms with E-state index in [1.54, 1.807) is 12.4 Å². The molecule has 2 aromatic rings. The Balaban J connectivity index is 0.000000192. The predicted molar refractivity (Wildman–Crippen MR) is 143 cm³/mol. The van der Waals surface area contributed by atoms with Crippen molar-refractivity contribution in [1.29, 1.82) is 0 Å². The zero-order chi connectivity index (χ0) is 24.2. The third-order valence-corrected chi connectivity index (χ3v) is 7.14. The Hall–Kier alpha value is -0.570. The average molecular weight is 557 g/mol. The Morgan fingerprint density at radius 1 is 0.667 bits per heavy atom. The molecule has 1 N–H and O–H groups in total. The standard InChI is InChI=1S/C11H15Cl2N3.C6H14N2.C5H2Cl3N/c1-2-15-3-5-16(6-4-15)11-9(12)7-14-8-10(11)13;1-2-8-5-3-7-4-6-8;6-3-1-9-2-4(7)5(3)8/h7-8H,2-6H2,1H3;7H,2-6H2,1H3;1-2H. The molecule has 2 aliphatic heterocycles. The molecule has 0 atom stereocenters. The van der Waals surface area contributed by atoms with Crippen LogP contribution in [0.4, 0.5) is 5.69 Å². The molecule has 4 rings (SSSR count). The van der Waals surface area contributed by atoms with Crippen LogP contribution in [-0.4, -0.2) is 85.2 Å². The van der Waals surface area contributed by atoms with Crippen molar-refractivity contribution in [2.45, 2.75) is 13.8 Å². The maximum Gasteiger partial charge on any atom is 0.0838 e. The lowest BCUT2D eigenvalue weighted by atomic mass is 10.2. The van der Waals surface area contributed by atoms with Crippen LogP contribution >= 0.6 is 58.0 Å². The van der Waals surface area contributed by atoms with Gasteiger partial charge in [0.25, 0.3) is 0 Å². The molecule has 2 aliphatic rings. The first-order valence-electron chi connectivity index (χ1n) is 11.0. The van der Waals surface area contributed by atoms with Crippen LogP contribution in [0.25, 0.3) is 0 Å². The molecule has 0 amide bonds. The van der Waals surface area contributed by atoms with Crippen molar-refractivity contribution in [3.8, 4) is 0 Å². The van der Waals surface area contributed by atoms with Gasteiger partial charge in [-0.3, -0.25) is 9.97 Å². The van der Waals surface area contributed by atoms with Gasteiger partial charge in [-0.25, -0.2) is 0 Å². The van der Waals surface area contributed by atoms with Crippen molar-refractivity contribution in [3.05, 3.63) is 49.9 Å².